The molecule has 0 aromatic heterocycles. The molecule has 1 aromatic rings. The molecule has 1 aliphatic heterocycles. The maximum atomic E-state index is 12.0. The van der Waals surface area contributed by atoms with Gasteiger partial charge in [0, 0.05) is 18.3 Å². The van der Waals surface area contributed by atoms with E-state index in [2.05, 4.69) is 15.5 Å². The highest BCUT2D eigenvalue weighted by Gasteiger charge is 2.14. The molecule has 1 fully saturated rings. The number of nitrogens with two attached hydrogens (primary N) is 1. The van der Waals surface area contributed by atoms with Crippen LogP contribution in [-0.4, -0.2) is 49.1 Å². The van der Waals surface area contributed by atoms with Crippen LogP contribution in [0.25, 0.3) is 0 Å². The fraction of sp³-hybridized carbons (Fsp3) is 0.529. The molecule has 0 unspecified atom stereocenters. The summed E-state index contributed by atoms with van der Waals surface area (Å²) >= 11 is 0. The number of hydrogen-bond donors (Lipinski definition) is 3. The molecule has 1 heterocycles. The third-order valence-corrected chi connectivity index (χ3v) is 3.98. The van der Waals surface area contributed by atoms with Crippen molar-refractivity contribution in [2.24, 2.45) is 5.73 Å². The van der Waals surface area contributed by atoms with Gasteiger partial charge in [0.15, 0.2) is 0 Å². The van der Waals surface area contributed by atoms with Gasteiger partial charge in [0.2, 0.25) is 5.91 Å². The lowest BCUT2D eigenvalue weighted by Gasteiger charge is -2.26. The minimum absolute atomic E-state index is 0.334. The van der Waals surface area contributed by atoms with Crippen LogP contribution in [0.1, 0.15) is 26.2 Å². The second-order valence-electron chi connectivity index (χ2n) is 6.00. The topological polar surface area (TPSA) is 96.7 Å². The lowest BCUT2D eigenvalue weighted by Crippen LogP contribution is -2.44. The maximum Gasteiger partial charge on any atom is 0.312 e. The Morgan fingerprint density at radius 3 is 2.75 bits per heavy atom. The predicted molar refractivity (Wildman–Crippen MR) is 93.0 cm³/mol. The molecule has 0 aliphatic carbocycles. The number of carbonyl (C=O) groups is 2. The molecule has 0 saturated carbocycles. The van der Waals surface area contributed by atoms with Crippen LogP contribution in [0.3, 0.4) is 0 Å². The van der Waals surface area contributed by atoms with E-state index in [0.29, 0.717) is 18.0 Å². The van der Waals surface area contributed by atoms with Crippen LogP contribution in [0, 0.1) is 0 Å². The van der Waals surface area contributed by atoms with E-state index in [-0.39, 0.29) is 5.91 Å². The van der Waals surface area contributed by atoms with Crippen molar-refractivity contribution >= 4 is 17.6 Å². The number of rotatable bonds is 7. The normalized spacial score (nSPS) is 16.2. The van der Waals surface area contributed by atoms with Gasteiger partial charge in [0.05, 0.1) is 0 Å². The predicted octanol–water partition coefficient (Wildman–Crippen LogP) is 1.55. The Balaban J connectivity index is 1.80. The second kappa shape index (κ2) is 9.12. The number of benzene rings is 1. The van der Waals surface area contributed by atoms with Crippen molar-refractivity contribution in [3.05, 3.63) is 24.3 Å². The Bertz CT molecular complexity index is 559. The van der Waals surface area contributed by atoms with Gasteiger partial charge in [-0.2, -0.15) is 0 Å². The zero-order chi connectivity index (χ0) is 17.4. The monoisotopic (exact) mass is 334 g/mol. The summed E-state index contributed by atoms with van der Waals surface area (Å²) in [6.07, 6.45) is 3.85. The van der Waals surface area contributed by atoms with Gasteiger partial charge in [0.25, 0.3) is 0 Å². The minimum Gasteiger partial charge on any atom is -0.492 e. The summed E-state index contributed by atoms with van der Waals surface area (Å²) in [6, 6.07) is 5.78. The first-order chi connectivity index (χ1) is 11.5. The van der Waals surface area contributed by atoms with Gasteiger partial charge in [0.1, 0.15) is 18.4 Å². The fourth-order valence-electron chi connectivity index (χ4n) is 2.67. The Morgan fingerprint density at radius 2 is 2.04 bits per heavy atom. The summed E-state index contributed by atoms with van der Waals surface area (Å²) in [5.74, 6) is 0.375. The zero-order valence-electron chi connectivity index (χ0n) is 14.1. The number of ether oxygens (including phenoxy) is 1. The number of anilines is 1. The van der Waals surface area contributed by atoms with Gasteiger partial charge < -0.3 is 21.1 Å². The van der Waals surface area contributed by atoms with Gasteiger partial charge in [-0.05, 0) is 45.0 Å². The maximum absolute atomic E-state index is 12.0. The van der Waals surface area contributed by atoms with E-state index in [1.165, 1.54) is 19.3 Å². The molecule has 1 saturated heterocycles. The summed E-state index contributed by atoms with van der Waals surface area (Å²) in [4.78, 5) is 25.1. The van der Waals surface area contributed by atoms with E-state index in [0.717, 1.165) is 19.6 Å². The van der Waals surface area contributed by atoms with Crippen molar-refractivity contribution in [1.82, 2.24) is 10.2 Å². The van der Waals surface area contributed by atoms with E-state index in [9.17, 15) is 9.59 Å². The highest BCUT2D eigenvalue weighted by Crippen LogP contribution is 2.18. The smallest absolute Gasteiger partial charge is 0.312 e. The van der Waals surface area contributed by atoms with Crippen LogP contribution in [0.2, 0.25) is 0 Å². The van der Waals surface area contributed by atoms with Crippen molar-refractivity contribution in [3.63, 3.8) is 0 Å². The lowest BCUT2D eigenvalue weighted by molar-refractivity contribution is -0.117. The molecule has 1 aromatic carbocycles. The summed E-state index contributed by atoms with van der Waals surface area (Å²) in [5.41, 5.74) is 5.63. The van der Waals surface area contributed by atoms with Crippen LogP contribution < -0.4 is 21.1 Å². The van der Waals surface area contributed by atoms with Crippen molar-refractivity contribution in [2.75, 3.05) is 31.6 Å². The first-order valence-electron chi connectivity index (χ1n) is 8.36. The molecule has 7 nitrogen and oxygen atoms in total. The van der Waals surface area contributed by atoms with E-state index >= 15 is 0 Å². The summed E-state index contributed by atoms with van der Waals surface area (Å²) < 4.78 is 5.77. The van der Waals surface area contributed by atoms with Gasteiger partial charge in [-0.3, -0.25) is 9.69 Å². The molecule has 0 spiro atoms. The van der Waals surface area contributed by atoms with Gasteiger partial charge in [-0.15, -0.1) is 0 Å². The Kier molecular flexibility index (Phi) is 6.87. The lowest BCUT2D eigenvalue weighted by atomic mass is 10.1. The first-order valence-corrected chi connectivity index (χ1v) is 8.36. The number of nitrogens with one attached hydrogen (secondary N) is 2. The minimum atomic E-state index is -0.729. The number of piperidine rings is 1. The number of amides is 3. The number of nitrogens with zero attached hydrogens (tertiary/aromatic N) is 1. The third kappa shape index (κ3) is 6.08. The fourth-order valence-corrected chi connectivity index (χ4v) is 2.67. The van der Waals surface area contributed by atoms with Gasteiger partial charge >= 0.3 is 6.03 Å². The van der Waals surface area contributed by atoms with Crippen molar-refractivity contribution in [1.29, 1.82) is 0 Å². The van der Waals surface area contributed by atoms with Crippen molar-refractivity contribution < 1.29 is 14.3 Å². The molecule has 2 rings (SSSR count). The quantitative estimate of drug-likeness (QED) is 0.705. The van der Waals surface area contributed by atoms with Gasteiger partial charge in [-0.1, -0.05) is 12.5 Å². The Morgan fingerprint density at radius 1 is 1.29 bits per heavy atom. The SMILES string of the molecule is C[C@@H](NC(N)=O)C(=O)Nc1cccc(OCCN2CCCCC2)c1. The van der Waals surface area contributed by atoms with E-state index in [1.54, 1.807) is 19.1 Å². The molecule has 132 valence electrons. The van der Waals surface area contributed by atoms with Crippen LogP contribution in [0.15, 0.2) is 24.3 Å². The number of likely N-dealkylation sites (tertiary alicyclic amines) is 1. The van der Waals surface area contributed by atoms with Crippen molar-refractivity contribution in [2.45, 2.75) is 32.2 Å². The molecular formula is C17H26N4O3. The third-order valence-electron chi connectivity index (χ3n) is 3.98. The van der Waals surface area contributed by atoms with E-state index in [4.69, 9.17) is 10.5 Å². The second-order valence-corrected chi connectivity index (χ2v) is 6.00. The van der Waals surface area contributed by atoms with Crippen molar-refractivity contribution in [3.8, 4) is 5.75 Å². The average molecular weight is 334 g/mol. The number of primary amides is 1. The molecule has 0 radical (unpaired) electrons. The standard InChI is InChI=1S/C17H26N4O3/c1-13(19-17(18)23)16(22)20-14-6-5-7-15(12-14)24-11-10-21-8-3-2-4-9-21/h5-7,12-13H,2-4,8-11H2,1H3,(H,20,22)(H3,18,19,23)/t13-/m1/s1. The molecule has 1 atom stereocenters. The molecular weight excluding hydrogens is 308 g/mol. The molecule has 4 N–H and O–H groups in total. The van der Waals surface area contributed by atoms with E-state index < -0.39 is 12.1 Å². The Hall–Kier alpha value is -2.28. The average Bonchev–Trinajstić information content (AvgIpc) is 2.55. The highest BCUT2D eigenvalue weighted by atomic mass is 16.5. The number of carbonyl (C=O) groups excluding carboxylic acids is 2. The molecule has 7 heteroatoms. The summed E-state index contributed by atoms with van der Waals surface area (Å²) in [5, 5.41) is 5.07. The molecule has 3 amide bonds. The number of hydrogen-bond acceptors (Lipinski definition) is 4. The van der Waals surface area contributed by atoms with Gasteiger partial charge in [-0.25, -0.2) is 4.79 Å². The van der Waals surface area contributed by atoms with Crippen LogP contribution in [0.5, 0.6) is 5.75 Å². The summed E-state index contributed by atoms with van der Waals surface area (Å²) in [7, 11) is 0. The zero-order valence-corrected chi connectivity index (χ0v) is 14.1. The number of urea groups is 1. The first kappa shape index (κ1) is 18.1. The molecule has 0 bridgehead atoms. The van der Waals surface area contributed by atoms with Crippen LogP contribution >= 0.6 is 0 Å². The Labute approximate surface area is 142 Å². The van der Waals surface area contributed by atoms with E-state index in [1.807, 2.05) is 12.1 Å². The summed E-state index contributed by atoms with van der Waals surface area (Å²) in [6.45, 7) is 5.39. The molecule has 1 aliphatic rings. The highest BCUT2D eigenvalue weighted by molar-refractivity contribution is 5.96. The largest absolute Gasteiger partial charge is 0.492 e. The van der Waals surface area contributed by atoms with Crippen LogP contribution in [-0.2, 0) is 4.79 Å². The van der Waals surface area contributed by atoms with Crippen LogP contribution in [0.4, 0.5) is 10.5 Å². The molecule has 24 heavy (non-hydrogen) atoms.